The van der Waals surface area contributed by atoms with Gasteiger partial charge in [-0.05, 0) is 77.6 Å². The number of ketones is 3. The summed E-state index contributed by atoms with van der Waals surface area (Å²) in [6.45, 7) is 18.2. The molecular formula is C44H68O10. The third kappa shape index (κ3) is 8.96. The molecule has 304 valence electrons. The summed E-state index contributed by atoms with van der Waals surface area (Å²) in [5, 5.41) is 23.8. The monoisotopic (exact) mass is 756 g/mol. The molecule has 0 aromatic carbocycles. The first-order valence-electron chi connectivity index (χ1n) is 20.4. The molecule has 0 spiro atoms. The van der Waals surface area contributed by atoms with Crippen molar-refractivity contribution in [3.8, 4) is 0 Å². The summed E-state index contributed by atoms with van der Waals surface area (Å²) in [6.07, 6.45) is 3.16. The van der Waals surface area contributed by atoms with Crippen LogP contribution in [0.15, 0.2) is 22.8 Å². The fourth-order valence-corrected chi connectivity index (χ4v) is 10.1. The average Bonchev–Trinajstić information content (AvgIpc) is 3.07. The van der Waals surface area contributed by atoms with Gasteiger partial charge in [-0.3, -0.25) is 24.0 Å². The number of methoxy groups -OCH3 is 1. The van der Waals surface area contributed by atoms with Crippen molar-refractivity contribution >= 4 is 29.3 Å². The topological polar surface area (TPSA) is 154 Å². The Morgan fingerprint density at radius 3 is 2.19 bits per heavy atom. The van der Waals surface area contributed by atoms with Crippen molar-refractivity contribution in [3.05, 3.63) is 22.8 Å². The van der Waals surface area contributed by atoms with Gasteiger partial charge in [0, 0.05) is 56.3 Å². The smallest absolute Gasteiger partial charge is 0.313 e. The molecular weight excluding hydrogens is 688 g/mol. The fraction of sp³-hybridized carbons (Fsp3) is 0.795. The number of allylic oxidation sites excluding steroid dienone is 3. The lowest BCUT2D eigenvalue weighted by Gasteiger charge is -2.52. The van der Waals surface area contributed by atoms with Gasteiger partial charge in [-0.25, -0.2) is 0 Å². The van der Waals surface area contributed by atoms with Gasteiger partial charge in [0.05, 0.1) is 30.3 Å². The first-order chi connectivity index (χ1) is 25.1. The largest absolute Gasteiger partial charge is 0.469 e. The normalized spacial score (nSPS) is 40.7. The Kier molecular flexibility index (Phi) is 14.0. The van der Waals surface area contributed by atoms with E-state index in [9.17, 15) is 34.2 Å². The van der Waals surface area contributed by atoms with Crippen molar-refractivity contribution in [2.45, 2.75) is 169 Å². The molecule has 2 aliphatic carbocycles. The SMILES string of the molecule is COC(=O)C12CC(=O)C(C(C)C)CC(=O)C(C)CCCC(C)CC(=O)C1C(C)C(C)=C1CC(OC(C)=O)C(C)(O)C3CCC(C)(O)C(CCC(C)=CC12)O3. The summed E-state index contributed by atoms with van der Waals surface area (Å²) in [5.41, 5.74) is -2.16. The van der Waals surface area contributed by atoms with Crippen LogP contribution in [-0.4, -0.2) is 76.1 Å². The fourth-order valence-electron chi connectivity index (χ4n) is 10.1. The van der Waals surface area contributed by atoms with Crippen LogP contribution >= 0.6 is 0 Å². The van der Waals surface area contributed by atoms with E-state index in [0.29, 0.717) is 37.7 Å². The number of hydrogen-bond donors (Lipinski definition) is 2. The van der Waals surface area contributed by atoms with Crippen LogP contribution in [0.2, 0.25) is 0 Å². The summed E-state index contributed by atoms with van der Waals surface area (Å²) in [7, 11) is 1.29. The second kappa shape index (κ2) is 17.2. The van der Waals surface area contributed by atoms with Crippen LogP contribution in [0, 0.1) is 46.8 Å². The summed E-state index contributed by atoms with van der Waals surface area (Å²) in [6, 6.07) is 0. The van der Waals surface area contributed by atoms with Crippen molar-refractivity contribution in [2.75, 3.05) is 7.11 Å². The standard InChI is InChI=1S/C44H68O10/c1-24(2)31-21-34(46)27(5)14-12-13-25(3)20-35(47)40-29(7)28(6)32-22-39(53-30(8)45)43(10,51)38-17-18-42(9,50)37(54-38)16-15-26(4)19-33(32)44(40,23-36(31)48)41(49)52-11/h19,24-25,27,29,31,33,37-40,50-51H,12-18,20-23H2,1-11H3. The van der Waals surface area contributed by atoms with E-state index in [2.05, 4.69) is 0 Å². The zero-order chi connectivity index (χ0) is 40.5. The van der Waals surface area contributed by atoms with E-state index in [0.717, 1.165) is 24.0 Å². The van der Waals surface area contributed by atoms with E-state index in [1.807, 2.05) is 54.5 Å². The first kappa shape index (κ1) is 44.0. The molecule has 1 saturated heterocycles. The number of ether oxygens (including phenoxy) is 3. The van der Waals surface area contributed by atoms with E-state index in [-0.39, 0.29) is 60.8 Å². The van der Waals surface area contributed by atoms with Crippen LogP contribution in [0.5, 0.6) is 0 Å². The van der Waals surface area contributed by atoms with Gasteiger partial charge in [-0.15, -0.1) is 0 Å². The number of hydrogen-bond acceptors (Lipinski definition) is 10. The van der Waals surface area contributed by atoms with Crippen molar-refractivity contribution < 1.29 is 48.4 Å². The van der Waals surface area contributed by atoms with Crippen molar-refractivity contribution in [3.63, 3.8) is 0 Å². The van der Waals surface area contributed by atoms with Crippen molar-refractivity contribution in [2.24, 2.45) is 46.8 Å². The maximum atomic E-state index is 14.9. The molecule has 0 radical (unpaired) electrons. The molecule has 12 atom stereocenters. The number of carbonyl (C=O) groups excluding carboxylic acids is 5. The number of rotatable bonds is 3. The maximum absolute atomic E-state index is 14.9. The van der Waals surface area contributed by atoms with Crippen LogP contribution < -0.4 is 0 Å². The Labute approximate surface area is 323 Å². The predicted molar refractivity (Wildman–Crippen MR) is 205 cm³/mol. The van der Waals surface area contributed by atoms with Crippen molar-refractivity contribution in [1.29, 1.82) is 0 Å². The van der Waals surface area contributed by atoms with Crippen LogP contribution in [0.3, 0.4) is 0 Å². The third-order valence-corrected chi connectivity index (χ3v) is 13.8. The number of esters is 2. The lowest BCUT2D eigenvalue weighted by Crippen LogP contribution is -2.60. The average molecular weight is 757 g/mol. The molecule has 2 fully saturated rings. The van der Waals surface area contributed by atoms with E-state index < -0.39 is 70.5 Å². The maximum Gasteiger partial charge on any atom is 0.313 e. The number of aliphatic hydroxyl groups is 2. The lowest BCUT2D eigenvalue weighted by atomic mass is 9.50. The minimum Gasteiger partial charge on any atom is -0.469 e. The molecule has 54 heavy (non-hydrogen) atoms. The highest BCUT2D eigenvalue weighted by Gasteiger charge is 2.62. The summed E-state index contributed by atoms with van der Waals surface area (Å²) in [5.74, 6) is -5.02. The Hall–Kier alpha value is -2.69. The molecule has 2 N–H and O–H groups in total. The molecule has 0 aromatic heterocycles. The molecule has 0 amide bonds. The van der Waals surface area contributed by atoms with Gasteiger partial charge in [0.15, 0.2) is 0 Å². The first-order valence-corrected chi connectivity index (χ1v) is 20.4. The van der Waals surface area contributed by atoms with Gasteiger partial charge < -0.3 is 24.4 Å². The predicted octanol–water partition coefficient (Wildman–Crippen LogP) is 7.06. The summed E-state index contributed by atoms with van der Waals surface area (Å²) in [4.78, 5) is 71.1. The lowest BCUT2D eigenvalue weighted by molar-refractivity contribution is -0.239. The number of Topliss-reactive ketones (excluding diaryl/α,β-unsaturated/α-hetero) is 3. The van der Waals surface area contributed by atoms with Crippen LogP contribution in [-0.2, 0) is 38.2 Å². The van der Waals surface area contributed by atoms with Gasteiger partial charge >= 0.3 is 11.9 Å². The van der Waals surface area contributed by atoms with Gasteiger partial charge in [0.2, 0.25) is 0 Å². The second-order valence-electron chi connectivity index (χ2n) is 18.3. The summed E-state index contributed by atoms with van der Waals surface area (Å²) >= 11 is 0. The highest BCUT2D eigenvalue weighted by Crippen LogP contribution is 2.58. The molecule has 0 aromatic rings. The minimum atomic E-state index is -1.71. The quantitative estimate of drug-likeness (QED) is 0.226. The van der Waals surface area contributed by atoms with Crippen molar-refractivity contribution in [1.82, 2.24) is 0 Å². The van der Waals surface area contributed by atoms with E-state index in [1.165, 1.54) is 14.0 Å². The molecule has 10 heteroatoms. The van der Waals surface area contributed by atoms with Gasteiger partial charge in [0.1, 0.15) is 29.1 Å². The zero-order valence-corrected chi connectivity index (χ0v) is 34.8. The Balaban J connectivity index is 2.06. The van der Waals surface area contributed by atoms with E-state index in [1.54, 1.807) is 13.8 Å². The highest BCUT2D eigenvalue weighted by atomic mass is 16.6. The van der Waals surface area contributed by atoms with Gasteiger partial charge in [0.25, 0.3) is 0 Å². The van der Waals surface area contributed by atoms with Crippen LogP contribution in [0.1, 0.15) is 140 Å². The van der Waals surface area contributed by atoms with Gasteiger partial charge in [-0.2, -0.15) is 0 Å². The second-order valence-corrected chi connectivity index (χ2v) is 18.3. The van der Waals surface area contributed by atoms with Crippen LogP contribution in [0.4, 0.5) is 0 Å². The Bertz CT molecular complexity index is 1500. The van der Waals surface area contributed by atoms with Gasteiger partial charge in [-0.1, -0.05) is 70.3 Å². The molecule has 12 unspecified atom stereocenters. The Morgan fingerprint density at radius 1 is 0.907 bits per heavy atom. The van der Waals surface area contributed by atoms with E-state index >= 15 is 0 Å². The molecule has 2 heterocycles. The number of fused-ring (bicyclic) bond motifs is 5. The molecule has 2 aliphatic heterocycles. The minimum absolute atomic E-state index is 0.00593. The molecule has 4 aliphatic rings. The molecule has 4 rings (SSSR count). The summed E-state index contributed by atoms with van der Waals surface area (Å²) < 4.78 is 18.1. The molecule has 1 saturated carbocycles. The third-order valence-electron chi connectivity index (χ3n) is 13.8. The van der Waals surface area contributed by atoms with Crippen LogP contribution in [0.25, 0.3) is 0 Å². The number of carbonyl (C=O) groups is 5. The highest BCUT2D eigenvalue weighted by molar-refractivity contribution is 5.97. The Morgan fingerprint density at radius 2 is 1.57 bits per heavy atom. The molecule has 2 bridgehead atoms. The zero-order valence-electron chi connectivity index (χ0n) is 34.8. The molecule has 10 nitrogen and oxygen atoms in total. The van der Waals surface area contributed by atoms with E-state index in [4.69, 9.17) is 14.2 Å².